The number of aromatic hydroxyl groups is 1. The van der Waals surface area contributed by atoms with Crippen LogP contribution in [0.3, 0.4) is 0 Å². The minimum Gasteiger partial charge on any atom is -0.807 e. The molecular formula is C25H22N5O3-. The molecule has 0 aliphatic rings. The normalized spacial score (nSPS) is 11.5. The van der Waals surface area contributed by atoms with Crippen LogP contribution in [0.1, 0.15) is 29.3 Å². The number of anilines is 1. The molecule has 1 unspecified atom stereocenters. The van der Waals surface area contributed by atoms with Gasteiger partial charge in [-0.25, -0.2) is 4.79 Å². The first kappa shape index (κ1) is 21.8. The molecule has 2 aromatic carbocycles. The number of phenols is 1. The average molecular weight is 440 g/mol. The van der Waals surface area contributed by atoms with Crippen molar-refractivity contribution in [2.75, 3.05) is 5.32 Å². The number of nitrogens with zero attached hydrogens (tertiary/aromatic N) is 3. The van der Waals surface area contributed by atoms with Gasteiger partial charge in [-0.1, -0.05) is 59.8 Å². The predicted molar refractivity (Wildman–Crippen MR) is 126 cm³/mol. The second-order valence-corrected chi connectivity index (χ2v) is 7.43. The molecule has 1 atom stereocenters. The fourth-order valence-electron chi connectivity index (χ4n) is 3.49. The summed E-state index contributed by atoms with van der Waals surface area (Å²) in [4.78, 5) is 17.0. The highest BCUT2D eigenvalue weighted by Crippen LogP contribution is 2.31. The van der Waals surface area contributed by atoms with E-state index in [1.807, 2.05) is 30.3 Å². The van der Waals surface area contributed by atoms with Gasteiger partial charge in [0, 0.05) is 23.5 Å². The second kappa shape index (κ2) is 9.78. The fourth-order valence-corrected chi connectivity index (χ4v) is 3.49. The van der Waals surface area contributed by atoms with Crippen LogP contribution in [0.15, 0.2) is 83.6 Å². The van der Waals surface area contributed by atoms with E-state index >= 15 is 0 Å². The first-order chi connectivity index (χ1) is 16.0. The molecule has 2 aromatic heterocycles. The Labute approximate surface area is 190 Å². The smallest absolute Gasteiger partial charge is 0.319 e. The van der Waals surface area contributed by atoms with E-state index in [1.54, 1.807) is 43.5 Å². The van der Waals surface area contributed by atoms with Crippen molar-refractivity contribution in [3.63, 3.8) is 0 Å². The zero-order chi connectivity index (χ0) is 23.2. The third-order valence-corrected chi connectivity index (χ3v) is 5.16. The van der Waals surface area contributed by atoms with Gasteiger partial charge in [0.25, 0.3) is 0 Å². The first-order valence-electron chi connectivity index (χ1n) is 10.3. The molecule has 0 aliphatic carbocycles. The van der Waals surface area contributed by atoms with Crippen molar-refractivity contribution in [1.82, 2.24) is 15.5 Å². The lowest BCUT2D eigenvalue weighted by molar-refractivity contribution is 0.248. The fraction of sp³-hybridized carbons (Fsp3) is 0.120. The molecule has 3 N–H and O–H groups in total. The zero-order valence-corrected chi connectivity index (χ0v) is 17.9. The van der Waals surface area contributed by atoms with E-state index in [4.69, 9.17) is 4.52 Å². The van der Waals surface area contributed by atoms with Crippen LogP contribution in [0.2, 0.25) is 0 Å². The predicted octanol–water partition coefficient (Wildman–Crippen LogP) is 5.06. The summed E-state index contributed by atoms with van der Waals surface area (Å²) in [5.74, 6) is 0.459. The van der Waals surface area contributed by atoms with Crippen LogP contribution >= 0.6 is 0 Å². The van der Waals surface area contributed by atoms with E-state index in [-0.39, 0.29) is 17.9 Å². The summed E-state index contributed by atoms with van der Waals surface area (Å²) >= 11 is 0. The molecular weight excluding hydrogens is 418 g/mol. The maximum atomic E-state index is 13.0. The molecule has 4 aromatic rings. The highest BCUT2D eigenvalue weighted by atomic mass is 16.5. The topological polar surface area (TPSA) is 123 Å². The van der Waals surface area contributed by atoms with E-state index in [9.17, 15) is 15.3 Å². The average Bonchev–Trinajstić information content (AvgIpc) is 3.20. The Morgan fingerprint density at radius 1 is 1.09 bits per heavy atom. The van der Waals surface area contributed by atoms with Gasteiger partial charge >= 0.3 is 6.03 Å². The van der Waals surface area contributed by atoms with Gasteiger partial charge in [-0.2, -0.15) is 5.71 Å². The summed E-state index contributed by atoms with van der Waals surface area (Å²) in [7, 11) is 0. The van der Waals surface area contributed by atoms with Gasteiger partial charge in [0.05, 0.1) is 6.04 Å². The minimum atomic E-state index is -0.716. The highest BCUT2D eigenvalue weighted by Gasteiger charge is 2.21. The van der Waals surface area contributed by atoms with Crippen LogP contribution < -0.4 is 10.6 Å². The SMILES string of the molecule is Cc1onc(-c2ccccc2)c1NC(=O)NC(CC(=[N-])c1cccnc1)c1ccccc1O. The molecule has 8 heteroatoms. The van der Waals surface area contributed by atoms with Gasteiger partial charge in [-0.3, -0.25) is 4.98 Å². The standard InChI is InChI=1S/C25H22N5O3/c1-16-23(24(30-33-16)17-8-3-2-4-9-17)29-25(32)28-21(19-11-5-6-12-22(19)31)14-20(26)18-10-7-13-27-15-18/h2-13,15,21,31H,14H2,1H3,(H2,28,29,32)/q-1. The number of hydrogen-bond donors (Lipinski definition) is 3. The third kappa shape index (κ3) is 5.07. The largest absolute Gasteiger partial charge is 0.807 e. The summed E-state index contributed by atoms with van der Waals surface area (Å²) in [6, 6.07) is 18.2. The Morgan fingerprint density at radius 3 is 2.58 bits per heavy atom. The number of rotatable bonds is 7. The Balaban J connectivity index is 1.57. The Hall–Kier alpha value is -4.46. The number of nitrogens with one attached hydrogen (secondary N) is 2. The molecule has 8 nitrogen and oxygen atoms in total. The summed E-state index contributed by atoms with van der Waals surface area (Å²) in [6.07, 6.45) is 3.18. The van der Waals surface area contributed by atoms with E-state index in [1.165, 1.54) is 12.3 Å². The van der Waals surface area contributed by atoms with Crippen molar-refractivity contribution in [2.45, 2.75) is 19.4 Å². The number of carbonyl (C=O) groups excluding carboxylic acids is 1. The van der Waals surface area contributed by atoms with Crippen molar-refractivity contribution in [3.8, 4) is 17.0 Å². The van der Waals surface area contributed by atoms with Crippen LogP contribution in [-0.4, -0.2) is 27.0 Å². The third-order valence-electron chi connectivity index (χ3n) is 5.16. The van der Waals surface area contributed by atoms with Crippen LogP contribution in [0.4, 0.5) is 10.5 Å². The van der Waals surface area contributed by atoms with Gasteiger partial charge in [0.15, 0.2) is 5.76 Å². The van der Waals surface area contributed by atoms with Gasteiger partial charge in [0.2, 0.25) is 0 Å². The number of benzene rings is 2. The number of aromatic nitrogens is 2. The van der Waals surface area contributed by atoms with Crippen molar-refractivity contribution < 1.29 is 14.4 Å². The number of urea groups is 1. The first-order valence-corrected chi connectivity index (χ1v) is 10.3. The number of pyridine rings is 1. The summed E-state index contributed by atoms with van der Waals surface area (Å²) in [5.41, 5.74) is 2.77. The minimum absolute atomic E-state index is 0.00733. The van der Waals surface area contributed by atoms with E-state index < -0.39 is 12.1 Å². The Bertz CT molecular complexity index is 1260. The lowest BCUT2D eigenvalue weighted by atomic mass is 9.97. The van der Waals surface area contributed by atoms with Gasteiger partial charge in [-0.05, 0) is 31.0 Å². The molecule has 0 saturated carbocycles. The van der Waals surface area contributed by atoms with Crippen molar-refractivity contribution in [1.29, 1.82) is 0 Å². The summed E-state index contributed by atoms with van der Waals surface area (Å²) < 4.78 is 5.30. The number of phenolic OH excluding ortho intramolecular Hbond substituents is 1. The zero-order valence-electron chi connectivity index (χ0n) is 17.9. The van der Waals surface area contributed by atoms with Crippen LogP contribution in [0.5, 0.6) is 5.75 Å². The highest BCUT2D eigenvalue weighted by molar-refractivity contribution is 6.03. The lowest BCUT2D eigenvalue weighted by Gasteiger charge is -2.24. The van der Waals surface area contributed by atoms with Gasteiger partial charge in [-0.15, -0.1) is 0 Å². The lowest BCUT2D eigenvalue weighted by Crippen LogP contribution is -2.34. The van der Waals surface area contributed by atoms with E-state index in [2.05, 4.69) is 20.8 Å². The molecule has 2 heterocycles. The molecule has 33 heavy (non-hydrogen) atoms. The maximum absolute atomic E-state index is 13.0. The molecule has 0 radical (unpaired) electrons. The summed E-state index contributed by atoms with van der Waals surface area (Å²) in [6.45, 7) is 1.71. The van der Waals surface area contributed by atoms with Crippen molar-refractivity contribution in [2.24, 2.45) is 0 Å². The molecule has 0 bridgehead atoms. The van der Waals surface area contributed by atoms with Crippen LogP contribution in [0.25, 0.3) is 16.7 Å². The van der Waals surface area contributed by atoms with Crippen molar-refractivity contribution >= 4 is 17.4 Å². The van der Waals surface area contributed by atoms with Gasteiger partial charge < -0.3 is 25.7 Å². The van der Waals surface area contributed by atoms with Crippen LogP contribution in [0, 0.1) is 6.92 Å². The second-order valence-electron chi connectivity index (χ2n) is 7.43. The molecule has 166 valence electrons. The Morgan fingerprint density at radius 2 is 1.85 bits per heavy atom. The number of para-hydroxylation sites is 1. The number of carbonyl (C=O) groups is 1. The number of hydrogen-bond acceptors (Lipinski definition) is 5. The maximum Gasteiger partial charge on any atom is 0.319 e. The number of amides is 2. The van der Waals surface area contributed by atoms with Gasteiger partial charge in [0.1, 0.15) is 17.1 Å². The molecule has 0 saturated heterocycles. The molecule has 2 amide bonds. The number of aryl methyl sites for hydroxylation is 1. The molecule has 4 rings (SSSR count). The Kier molecular flexibility index (Phi) is 6.45. The van der Waals surface area contributed by atoms with Crippen molar-refractivity contribution in [3.05, 3.63) is 101 Å². The van der Waals surface area contributed by atoms with Crippen LogP contribution in [-0.2, 0) is 0 Å². The monoisotopic (exact) mass is 440 g/mol. The molecule has 0 fully saturated rings. The quantitative estimate of drug-likeness (QED) is 0.347. The van der Waals surface area contributed by atoms with E-state index in [0.717, 1.165) is 5.56 Å². The molecule has 0 aliphatic heterocycles. The van der Waals surface area contributed by atoms with E-state index in [0.29, 0.717) is 28.3 Å². The molecule has 0 spiro atoms. The summed E-state index contributed by atoms with van der Waals surface area (Å²) in [5, 5.41) is 30.7.